The monoisotopic (exact) mass is 905 g/mol. The van der Waals surface area contributed by atoms with Crippen molar-refractivity contribution in [1.29, 1.82) is 0 Å². The lowest BCUT2D eigenvalue weighted by molar-refractivity contribution is -0.264. The number of aromatic nitrogens is 2. The lowest BCUT2D eigenvalue weighted by Gasteiger charge is -2.45. The molecular weight excluding hydrogens is 851 g/mol. The number of rotatable bonds is 15. The third kappa shape index (κ3) is 10.3. The topological polar surface area (TPSA) is 155 Å². The van der Waals surface area contributed by atoms with Gasteiger partial charge in [0.15, 0.2) is 6.29 Å². The summed E-state index contributed by atoms with van der Waals surface area (Å²) in [4.78, 5) is 32.4. The van der Waals surface area contributed by atoms with Crippen molar-refractivity contribution in [2.24, 2.45) is 0 Å². The van der Waals surface area contributed by atoms with Crippen molar-refractivity contribution in [1.82, 2.24) is 24.5 Å². The highest BCUT2D eigenvalue weighted by atomic mass is 32.2. The van der Waals surface area contributed by atoms with E-state index in [4.69, 9.17) is 9.47 Å². The Morgan fingerprint density at radius 3 is 2.08 bits per heavy atom. The first-order chi connectivity index (χ1) is 32.1. The molecule has 7 aromatic rings. The Kier molecular flexibility index (Phi) is 13.7. The molecule has 1 unspecified atom stereocenters. The third-order valence-electron chi connectivity index (χ3n) is 12.9. The first kappa shape index (κ1) is 45.0. The van der Waals surface area contributed by atoms with Crippen LogP contribution in [0.5, 0.6) is 0 Å². The van der Waals surface area contributed by atoms with E-state index in [2.05, 4.69) is 32.1 Å². The molecule has 2 saturated heterocycles. The predicted molar refractivity (Wildman–Crippen MR) is 254 cm³/mol. The maximum absolute atomic E-state index is 13.8. The second-order valence-corrected chi connectivity index (χ2v) is 19.1. The van der Waals surface area contributed by atoms with Crippen molar-refractivity contribution in [2.45, 2.75) is 80.7 Å². The van der Waals surface area contributed by atoms with Gasteiger partial charge in [0.1, 0.15) is 6.04 Å². The summed E-state index contributed by atoms with van der Waals surface area (Å²) in [5.74, 6) is -0.613. The van der Waals surface area contributed by atoms with E-state index in [-0.39, 0.29) is 48.2 Å². The van der Waals surface area contributed by atoms with Crippen molar-refractivity contribution in [3.05, 3.63) is 207 Å². The first-order valence-corrected chi connectivity index (χ1v) is 24.1. The molecule has 3 heterocycles. The van der Waals surface area contributed by atoms with Gasteiger partial charge in [-0.3, -0.25) is 9.36 Å². The molecule has 0 bridgehead atoms. The van der Waals surface area contributed by atoms with Gasteiger partial charge < -0.3 is 29.8 Å². The summed E-state index contributed by atoms with van der Waals surface area (Å²) >= 11 is 0. The minimum atomic E-state index is -3.99. The zero-order valence-electron chi connectivity index (χ0n) is 36.8. The van der Waals surface area contributed by atoms with Gasteiger partial charge in [-0.05, 0) is 78.3 Å². The molecule has 0 radical (unpaired) electrons. The van der Waals surface area contributed by atoms with Gasteiger partial charge in [-0.15, -0.1) is 0 Å². The van der Waals surface area contributed by atoms with Crippen LogP contribution in [-0.4, -0.2) is 65.7 Å². The van der Waals surface area contributed by atoms with E-state index in [0.717, 1.165) is 75.9 Å². The van der Waals surface area contributed by atoms with Gasteiger partial charge in [0.25, 0.3) is 0 Å². The Morgan fingerprint density at radius 1 is 0.742 bits per heavy atom. The van der Waals surface area contributed by atoms with Crippen LogP contribution in [0.15, 0.2) is 167 Å². The number of aliphatic hydroxyl groups is 1. The first-order valence-electron chi connectivity index (χ1n) is 22.6. The highest BCUT2D eigenvalue weighted by Crippen LogP contribution is 2.47. The van der Waals surface area contributed by atoms with Crippen LogP contribution in [0.4, 0.5) is 0 Å². The molecule has 340 valence electrons. The van der Waals surface area contributed by atoms with Gasteiger partial charge in [-0.2, -0.15) is 4.72 Å². The van der Waals surface area contributed by atoms with Crippen LogP contribution in [-0.2, 0) is 43.9 Å². The highest BCUT2D eigenvalue weighted by molar-refractivity contribution is 7.89. The van der Waals surface area contributed by atoms with E-state index in [9.17, 15) is 23.1 Å². The quantitative estimate of drug-likeness (QED) is 0.0820. The largest absolute Gasteiger partial charge is 0.392 e. The van der Waals surface area contributed by atoms with Crippen LogP contribution in [0.2, 0.25) is 0 Å². The molecule has 1 amide bonds. The van der Waals surface area contributed by atoms with Crippen molar-refractivity contribution < 1.29 is 27.8 Å². The number of ether oxygens (including phenoxy) is 2. The summed E-state index contributed by atoms with van der Waals surface area (Å²) < 4.78 is 45.5. The van der Waals surface area contributed by atoms with Crippen molar-refractivity contribution in [2.75, 3.05) is 19.6 Å². The average Bonchev–Trinajstić information content (AvgIpc) is 3.69. The molecule has 6 aromatic carbocycles. The maximum atomic E-state index is 13.8. The number of carbonyl (C=O) groups is 1. The number of benzene rings is 6. The number of carbonyl (C=O) groups excluding carboxylic acids is 1. The molecular formula is C53H55N5O7S. The fourth-order valence-electron chi connectivity index (χ4n) is 9.33. The van der Waals surface area contributed by atoms with Gasteiger partial charge >= 0.3 is 5.69 Å². The molecule has 2 aliphatic rings. The molecule has 13 heteroatoms. The molecule has 0 aliphatic carbocycles. The number of sulfonamides is 1. The molecule has 0 spiro atoms. The van der Waals surface area contributed by atoms with E-state index in [1.165, 1.54) is 12.1 Å². The lowest BCUT2D eigenvalue weighted by Crippen LogP contribution is -2.47. The summed E-state index contributed by atoms with van der Waals surface area (Å²) in [5, 5.41) is 12.8. The maximum Gasteiger partial charge on any atom is 0.326 e. The predicted octanol–water partition coefficient (Wildman–Crippen LogP) is 7.61. The molecule has 2 aliphatic heterocycles. The summed E-state index contributed by atoms with van der Waals surface area (Å²) in [6.07, 6.45) is 0.403. The van der Waals surface area contributed by atoms with Crippen molar-refractivity contribution in [3.63, 3.8) is 0 Å². The number of fused-ring (bicyclic) bond motifs is 1. The molecule has 5 atom stereocenters. The molecule has 0 saturated carbocycles. The molecule has 4 N–H and O–H groups in total. The van der Waals surface area contributed by atoms with Gasteiger partial charge in [-0.1, -0.05) is 139 Å². The van der Waals surface area contributed by atoms with Crippen molar-refractivity contribution >= 4 is 27.0 Å². The minimum absolute atomic E-state index is 0.0631. The summed E-state index contributed by atoms with van der Waals surface area (Å²) in [6, 6.07) is 48.7. The number of hydrogen-bond acceptors (Lipinski definition) is 8. The SMILES string of the molecule is Cc1ccc(S(=O)(=O)N[C@H](Cc2ccccc2)C(=O)NCc2ccc(C3O[C@H](CN4CCC(n5c(=O)[nH]c6ccccc65)CC4)[C@@H](c4ccccc4)[C@H](c4ccc(CO)cc4)O3)cc2)cc1. The van der Waals surface area contributed by atoms with E-state index < -0.39 is 34.4 Å². The Hall–Kier alpha value is -6.19. The number of imidazole rings is 1. The smallest absolute Gasteiger partial charge is 0.326 e. The molecule has 9 rings (SSSR count). The Labute approximate surface area is 385 Å². The number of likely N-dealkylation sites (tertiary alicyclic amines) is 1. The lowest BCUT2D eigenvalue weighted by atomic mass is 9.83. The second-order valence-electron chi connectivity index (χ2n) is 17.4. The molecule has 2 fully saturated rings. The number of aromatic amines is 1. The van der Waals surface area contributed by atoms with Gasteiger partial charge in [0.05, 0.1) is 34.7 Å². The van der Waals surface area contributed by atoms with Crippen LogP contribution < -0.4 is 15.7 Å². The average molecular weight is 906 g/mol. The van der Waals surface area contributed by atoms with E-state index in [0.29, 0.717) is 6.54 Å². The normalized spacial score (nSPS) is 20.0. The number of H-pyrrole nitrogens is 1. The zero-order chi connectivity index (χ0) is 45.6. The van der Waals surface area contributed by atoms with Gasteiger partial charge in [-0.25, -0.2) is 13.2 Å². The van der Waals surface area contributed by atoms with Crippen LogP contribution >= 0.6 is 0 Å². The number of para-hydroxylation sites is 2. The summed E-state index contributed by atoms with van der Waals surface area (Å²) in [7, 11) is -3.99. The van der Waals surface area contributed by atoms with Crippen LogP contribution in [0.3, 0.4) is 0 Å². The van der Waals surface area contributed by atoms with Crippen LogP contribution in [0.25, 0.3) is 11.0 Å². The number of amides is 1. The number of nitrogens with one attached hydrogen (secondary N) is 3. The van der Waals surface area contributed by atoms with E-state index in [1.54, 1.807) is 12.1 Å². The fourth-order valence-corrected chi connectivity index (χ4v) is 10.5. The van der Waals surface area contributed by atoms with Crippen molar-refractivity contribution in [3.8, 4) is 0 Å². The highest BCUT2D eigenvalue weighted by Gasteiger charge is 2.43. The van der Waals surface area contributed by atoms with Gasteiger partial charge in [0.2, 0.25) is 15.9 Å². The Bertz CT molecular complexity index is 2880. The van der Waals surface area contributed by atoms with E-state index >= 15 is 0 Å². The number of aliphatic hydroxyl groups excluding tert-OH is 1. The summed E-state index contributed by atoms with van der Waals surface area (Å²) in [5.41, 5.74) is 7.95. The van der Waals surface area contributed by atoms with Crippen LogP contribution in [0.1, 0.15) is 76.1 Å². The number of nitrogens with zero attached hydrogens (tertiary/aromatic N) is 2. The second kappa shape index (κ2) is 20.1. The summed E-state index contributed by atoms with van der Waals surface area (Å²) in [6.45, 7) is 4.21. The zero-order valence-corrected chi connectivity index (χ0v) is 37.6. The Balaban J connectivity index is 0.935. The van der Waals surface area contributed by atoms with Gasteiger partial charge in [0, 0.05) is 43.7 Å². The minimum Gasteiger partial charge on any atom is -0.392 e. The standard InChI is InChI=1S/C53H55N5O7S/c1-36-16-26-44(27-17-36)66(62,63)56-46(32-37-10-4-2-5-11-37)51(60)54-33-38-18-24-42(25-19-38)52-64-48(34-57-30-28-43(29-31-57)58-47-15-9-8-14-45(47)55-53(58)61)49(40-12-6-3-7-13-40)50(65-52)41-22-20-39(35-59)21-23-41/h2-27,43,46,48-50,52,56,59H,28-35H2,1H3,(H,54,60)(H,55,61)/t46-,48-,49-,50+,52?/m1/s1. The number of aryl methyl sites for hydroxylation is 1. The fraction of sp³-hybridized carbons (Fsp3) is 0.283. The molecule has 66 heavy (non-hydrogen) atoms. The third-order valence-corrected chi connectivity index (χ3v) is 14.4. The van der Waals surface area contributed by atoms with E-state index in [1.807, 2.05) is 133 Å². The van der Waals surface area contributed by atoms with Crippen LogP contribution in [0, 0.1) is 6.92 Å². The molecule has 12 nitrogen and oxygen atoms in total. The molecule has 1 aromatic heterocycles. The number of piperidine rings is 1. The number of hydrogen-bond donors (Lipinski definition) is 4. The Morgan fingerprint density at radius 2 is 1.38 bits per heavy atom.